The van der Waals surface area contributed by atoms with E-state index in [4.69, 9.17) is 14.2 Å². The Morgan fingerprint density at radius 1 is 1.48 bits per heavy atom. The van der Waals surface area contributed by atoms with Crippen LogP contribution in [0.15, 0.2) is 12.2 Å². The third-order valence-electron chi connectivity index (χ3n) is 7.19. The molecule has 27 heavy (non-hydrogen) atoms. The predicted molar refractivity (Wildman–Crippen MR) is 99.7 cm³/mol. The van der Waals surface area contributed by atoms with E-state index in [0.29, 0.717) is 19.6 Å². The fourth-order valence-corrected chi connectivity index (χ4v) is 5.64. The Labute approximate surface area is 161 Å². The zero-order valence-electron chi connectivity index (χ0n) is 16.7. The van der Waals surface area contributed by atoms with E-state index in [0.717, 1.165) is 32.1 Å². The van der Waals surface area contributed by atoms with Crippen molar-refractivity contribution in [2.75, 3.05) is 13.2 Å². The van der Waals surface area contributed by atoms with Crippen LogP contribution >= 0.6 is 0 Å². The smallest absolute Gasteiger partial charge is 0.231 e. The van der Waals surface area contributed by atoms with Gasteiger partial charge in [-0.3, -0.25) is 4.79 Å². The van der Waals surface area contributed by atoms with Gasteiger partial charge in [0.1, 0.15) is 17.4 Å². The third-order valence-corrected chi connectivity index (χ3v) is 7.19. The van der Waals surface area contributed by atoms with Gasteiger partial charge in [-0.25, -0.2) is 0 Å². The minimum atomic E-state index is -0.858. The van der Waals surface area contributed by atoms with Crippen LogP contribution in [-0.2, 0) is 19.0 Å². The third kappa shape index (κ3) is 2.71. The maximum atomic E-state index is 13.3. The Balaban J connectivity index is 1.66. The van der Waals surface area contributed by atoms with Crippen LogP contribution < -0.4 is 0 Å². The average Bonchev–Trinajstić information content (AvgIpc) is 3.25. The van der Waals surface area contributed by atoms with E-state index in [1.807, 2.05) is 13.8 Å². The van der Waals surface area contributed by atoms with Crippen molar-refractivity contribution >= 4 is 5.91 Å². The second-order valence-electron chi connectivity index (χ2n) is 8.68. The lowest BCUT2D eigenvalue weighted by atomic mass is 9.69. The van der Waals surface area contributed by atoms with E-state index in [-0.39, 0.29) is 30.3 Å². The molecule has 1 N–H and O–H groups in total. The molecule has 3 saturated heterocycles. The molecule has 4 rings (SSSR count). The number of hydrogen-bond acceptors (Lipinski definition) is 5. The van der Waals surface area contributed by atoms with Crippen LogP contribution in [0.5, 0.6) is 0 Å². The summed E-state index contributed by atoms with van der Waals surface area (Å²) in [6.07, 6.45) is 8.42. The van der Waals surface area contributed by atoms with Crippen LogP contribution in [0.25, 0.3) is 0 Å². The van der Waals surface area contributed by atoms with Crippen molar-refractivity contribution in [1.82, 2.24) is 4.90 Å². The van der Waals surface area contributed by atoms with E-state index in [9.17, 15) is 9.90 Å². The Bertz CT molecular complexity index is 609. The number of rotatable bonds is 6. The molecule has 4 aliphatic rings. The quantitative estimate of drug-likeness (QED) is 0.568. The Morgan fingerprint density at radius 3 is 3.00 bits per heavy atom. The van der Waals surface area contributed by atoms with Gasteiger partial charge < -0.3 is 24.2 Å². The van der Waals surface area contributed by atoms with E-state index in [1.165, 1.54) is 0 Å². The minimum Gasteiger partial charge on any atom is -0.390 e. The number of allylic oxidation sites excluding steroid dienone is 1. The lowest BCUT2D eigenvalue weighted by Gasteiger charge is -2.47. The van der Waals surface area contributed by atoms with Crippen molar-refractivity contribution < 1.29 is 24.1 Å². The number of ether oxygens (including phenoxy) is 3. The van der Waals surface area contributed by atoms with Crippen molar-refractivity contribution in [3.63, 3.8) is 0 Å². The number of aliphatic hydroxyl groups excluding tert-OH is 1. The average molecular weight is 379 g/mol. The summed E-state index contributed by atoms with van der Waals surface area (Å²) < 4.78 is 18.2. The van der Waals surface area contributed by atoms with Gasteiger partial charge in [0.25, 0.3) is 0 Å². The molecule has 0 aromatic heterocycles. The highest BCUT2D eigenvalue weighted by Crippen LogP contribution is 2.58. The molecular weight excluding hydrogens is 346 g/mol. The zero-order valence-corrected chi connectivity index (χ0v) is 16.7. The van der Waals surface area contributed by atoms with Crippen molar-refractivity contribution in [3.05, 3.63) is 12.2 Å². The lowest BCUT2D eigenvalue weighted by molar-refractivity contribution is -0.212. The van der Waals surface area contributed by atoms with E-state index < -0.39 is 17.2 Å². The van der Waals surface area contributed by atoms with Gasteiger partial charge in [0.05, 0.1) is 18.6 Å². The largest absolute Gasteiger partial charge is 0.390 e. The summed E-state index contributed by atoms with van der Waals surface area (Å²) in [5, 5.41) is 11.5. The van der Waals surface area contributed by atoms with E-state index >= 15 is 0 Å². The fourth-order valence-electron chi connectivity index (χ4n) is 5.64. The van der Waals surface area contributed by atoms with Crippen LogP contribution in [0.4, 0.5) is 0 Å². The number of carbonyl (C=O) groups excluding carboxylic acids is 1. The lowest BCUT2D eigenvalue weighted by Crippen LogP contribution is -2.66. The maximum Gasteiger partial charge on any atom is 0.231 e. The molecule has 3 aliphatic heterocycles. The molecule has 0 aromatic carbocycles. The number of aliphatic hydroxyl groups is 1. The Kier molecular flexibility index (Phi) is 5.12. The van der Waals surface area contributed by atoms with Crippen molar-refractivity contribution in [3.8, 4) is 0 Å². The van der Waals surface area contributed by atoms with Crippen LogP contribution in [0.3, 0.4) is 0 Å². The molecule has 3 fully saturated rings. The first-order valence-electron chi connectivity index (χ1n) is 10.5. The van der Waals surface area contributed by atoms with Crippen molar-refractivity contribution in [2.45, 2.75) is 89.1 Å². The molecule has 0 radical (unpaired) electrons. The standard InChI is InChI=1S/C21H33NO5/c1-4-5-11-25-17-12-16-19(24)22-14(2)26-13-21(22,20(16,3)27-17)18(23)15-9-7-6-8-10-15/h7,9,14-18,23H,4-6,8,10-13H2,1-3H3/t14-,15+,16-,17-,18+,20-,21+/m0/s1. The summed E-state index contributed by atoms with van der Waals surface area (Å²) in [6, 6.07) is 0. The molecule has 0 aromatic rings. The van der Waals surface area contributed by atoms with Gasteiger partial charge in [0.15, 0.2) is 6.29 Å². The minimum absolute atomic E-state index is 0.0159. The van der Waals surface area contributed by atoms with Gasteiger partial charge >= 0.3 is 0 Å². The predicted octanol–water partition coefficient (Wildman–Crippen LogP) is 2.60. The molecule has 0 saturated carbocycles. The summed E-state index contributed by atoms with van der Waals surface area (Å²) in [5.74, 6) is -0.247. The van der Waals surface area contributed by atoms with Crippen LogP contribution in [0.1, 0.15) is 59.3 Å². The zero-order chi connectivity index (χ0) is 19.2. The SMILES string of the molecule is CCCCO[C@@H]1C[C@H]2C(=O)N3[C@H](C)OC[C@@]3([C@H](O)[C@@H]3C=CCCC3)[C@@]2(C)O1. The highest BCUT2D eigenvalue weighted by molar-refractivity contribution is 5.86. The number of carbonyl (C=O) groups is 1. The van der Waals surface area contributed by atoms with Gasteiger partial charge in [-0.05, 0) is 39.5 Å². The van der Waals surface area contributed by atoms with Gasteiger partial charge in [-0.1, -0.05) is 25.5 Å². The first-order valence-corrected chi connectivity index (χ1v) is 10.5. The topological polar surface area (TPSA) is 68.2 Å². The van der Waals surface area contributed by atoms with Gasteiger partial charge in [0, 0.05) is 18.9 Å². The monoisotopic (exact) mass is 379 g/mol. The molecule has 0 spiro atoms. The number of nitrogens with zero attached hydrogens (tertiary/aromatic N) is 1. The number of fused-ring (bicyclic) bond motifs is 3. The van der Waals surface area contributed by atoms with Gasteiger partial charge in [-0.15, -0.1) is 0 Å². The molecule has 1 amide bonds. The van der Waals surface area contributed by atoms with Gasteiger partial charge in [-0.2, -0.15) is 0 Å². The number of amides is 1. The maximum absolute atomic E-state index is 13.3. The van der Waals surface area contributed by atoms with E-state index in [2.05, 4.69) is 19.1 Å². The molecule has 0 unspecified atom stereocenters. The summed E-state index contributed by atoms with van der Waals surface area (Å²) >= 11 is 0. The number of unbranched alkanes of at least 4 members (excludes halogenated alkanes) is 1. The van der Waals surface area contributed by atoms with Crippen LogP contribution in [-0.4, -0.2) is 58.9 Å². The molecule has 1 aliphatic carbocycles. The second-order valence-corrected chi connectivity index (χ2v) is 8.68. The molecule has 152 valence electrons. The molecule has 6 heteroatoms. The number of hydrogen-bond donors (Lipinski definition) is 1. The summed E-state index contributed by atoms with van der Waals surface area (Å²) in [7, 11) is 0. The molecule has 3 heterocycles. The highest BCUT2D eigenvalue weighted by atomic mass is 16.7. The Morgan fingerprint density at radius 2 is 2.30 bits per heavy atom. The van der Waals surface area contributed by atoms with Crippen LogP contribution in [0.2, 0.25) is 0 Å². The van der Waals surface area contributed by atoms with Crippen LogP contribution in [0, 0.1) is 11.8 Å². The molecular formula is C21H33NO5. The molecule has 0 bridgehead atoms. The second kappa shape index (κ2) is 7.14. The fraction of sp³-hybridized carbons (Fsp3) is 0.857. The van der Waals surface area contributed by atoms with E-state index in [1.54, 1.807) is 4.90 Å². The Hall–Kier alpha value is -0.950. The molecule has 7 atom stereocenters. The summed E-state index contributed by atoms with van der Waals surface area (Å²) in [4.78, 5) is 15.1. The first kappa shape index (κ1) is 19.4. The van der Waals surface area contributed by atoms with Crippen molar-refractivity contribution in [2.24, 2.45) is 11.8 Å². The summed E-state index contributed by atoms with van der Waals surface area (Å²) in [5.41, 5.74) is -1.67. The normalized spacial score (nSPS) is 44.6. The first-order chi connectivity index (χ1) is 13.0. The molecule has 6 nitrogen and oxygen atoms in total. The highest BCUT2D eigenvalue weighted by Gasteiger charge is 2.76. The summed E-state index contributed by atoms with van der Waals surface area (Å²) in [6.45, 7) is 6.94. The van der Waals surface area contributed by atoms with Gasteiger partial charge in [0.2, 0.25) is 5.91 Å². The van der Waals surface area contributed by atoms with Crippen molar-refractivity contribution in [1.29, 1.82) is 0 Å².